The summed E-state index contributed by atoms with van der Waals surface area (Å²) in [6, 6.07) is 7.43. The number of hydrogen-bond donors (Lipinski definition) is 1. The van der Waals surface area contributed by atoms with Gasteiger partial charge in [-0.3, -0.25) is 14.4 Å². The van der Waals surface area contributed by atoms with E-state index in [0.717, 1.165) is 31.4 Å². The summed E-state index contributed by atoms with van der Waals surface area (Å²) in [6.07, 6.45) is 6.87. The molecule has 0 spiro atoms. The molecule has 0 radical (unpaired) electrons. The van der Waals surface area contributed by atoms with E-state index in [1.165, 1.54) is 19.3 Å². The number of fused-ring (bicyclic) bond motifs is 1. The molecule has 2 fully saturated rings. The van der Waals surface area contributed by atoms with Crippen molar-refractivity contribution in [2.24, 2.45) is 5.92 Å². The average molecular weight is 372 g/mol. The lowest BCUT2D eigenvalue weighted by Crippen LogP contribution is -2.51. The fourth-order valence-electron chi connectivity index (χ4n) is 4.25. The van der Waals surface area contributed by atoms with Gasteiger partial charge in [-0.25, -0.2) is 0 Å². The van der Waals surface area contributed by atoms with Crippen molar-refractivity contribution in [1.29, 1.82) is 0 Å². The molecule has 1 N–H and O–H groups in total. The van der Waals surface area contributed by atoms with E-state index in [9.17, 15) is 14.4 Å². The number of ether oxygens (including phenoxy) is 1. The Labute approximate surface area is 160 Å². The smallest absolute Gasteiger partial charge is 0.325 e. The molecular weight excluding hydrogens is 344 g/mol. The molecule has 1 heterocycles. The Hall–Kier alpha value is -2.37. The molecule has 1 aromatic carbocycles. The largest absolute Gasteiger partial charge is 0.454 e. The van der Waals surface area contributed by atoms with Gasteiger partial charge in [0.25, 0.3) is 11.8 Å². The summed E-state index contributed by atoms with van der Waals surface area (Å²) >= 11 is 0. The molecule has 6 nitrogen and oxygen atoms in total. The van der Waals surface area contributed by atoms with Gasteiger partial charge in [-0.2, -0.15) is 0 Å². The molecule has 2 aliphatic rings. The molecule has 1 saturated carbocycles. The minimum Gasteiger partial charge on any atom is -0.454 e. The van der Waals surface area contributed by atoms with Gasteiger partial charge in [0.1, 0.15) is 6.54 Å². The zero-order valence-electron chi connectivity index (χ0n) is 15.9. The normalized spacial score (nSPS) is 21.9. The first-order valence-corrected chi connectivity index (χ1v) is 9.84. The van der Waals surface area contributed by atoms with Crippen LogP contribution in [0.2, 0.25) is 0 Å². The lowest BCUT2D eigenvalue weighted by molar-refractivity contribution is -0.154. The molecule has 3 rings (SSSR count). The number of benzene rings is 1. The molecule has 1 aliphatic heterocycles. The number of carbonyl (C=O) groups is 3. The van der Waals surface area contributed by atoms with Crippen LogP contribution in [0.15, 0.2) is 24.3 Å². The molecule has 1 aliphatic carbocycles. The third-order valence-corrected chi connectivity index (χ3v) is 5.59. The van der Waals surface area contributed by atoms with Crippen molar-refractivity contribution in [2.45, 2.75) is 51.5 Å². The second kappa shape index (κ2) is 9.02. The summed E-state index contributed by atoms with van der Waals surface area (Å²) in [5.41, 5.74) is 1.47. The van der Waals surface area contributed by atoms with Crippen molar-refractivity contribution in [3.05, 3.63) is 35.4 Å². The van der Waals surface area contributed by atoms with Crippen molar-refractivity contribution in [1.82, 2.24) is 10.2 Å². The van der Waals surface area contributed by atoms with E-state index < -0.39 is 5.97 Å². The second-order valence-electron chi connectivity index (χ2n) is 7.55. The van der Waals surface area contributed by atoms with Crippen LogP contribution in [-0.4, -0.2) is 48.4 Å². The first kappa shape index (κ1) is 19.4. The summed E-state index contributed by atoms with van der Waals surface area (Å²) in [4.78, 5) is 38.4. The lowest BCUT2D eigenvalue weighted by Gasteiger charge is -2.44. The SMILES string of the molecule is Cc1cccc(C(=O)NCC(=O)OCC(=O)N2CCC[C@@H]3CCCC[C@H]32)c1. The van der Waals surface area contributed by atoms with Crippen molar-refractivity contribution in [3.8, 4) is 0 Å². The summed E-state index contributed by atoms with van der Waals surface area (Å²) in [6.45, 7) is 2.16. The molecule has 1 aromatic rings. The molecule has 1 saturated heterocycles. The maximum atomic E-state index is 12.5. The van der Waals surface area contributed by atoms with Crippen LogP contribution < -0.4 is 5.32 Å². The van der Waals surface area contributed by atoms with Crippen LogP contribution in [0, 0.1) is 12.8 Å². The first-order valence-electron chi connectivity index (χ1n) is 9.84. The van der Waals surface area contributed by atoms with E-state index in [0.29, 0.717) is 17.5 Å². The van der Waals surface area contributed by atoms with Gasteiger partial charge in [0.05, 0.1) is 0 Å². The zero-order chi connectivity index (χ0) is 19.2. The molecule has 2 amide bonds. The van der Waals surface area contributed by atoms with Gasteiger partial charge < -0.3 is 15.0 Å². The van der Waals surface area contributed by atoms with Crippen LogP contribution >= 0.6 is 0 Å². The minimum atomic E-state index is -0.596. The fraction of sp³-hybridized carbons (Fsp3) is 0.571. The number of rotatable bonds is 5. The van der Waals surface area contributed by atoms with Crippen LogP contribution in [0.5, 0.6) is 0 Å². The van der Waals surface area contributed by atoms with Gasteiger partial charge >= 0.3 is 5.97 Å². The van der Waals surface area contributed by atoms with Crippen molar-refractivity contribution < 1.29 is 19.1 Å². The highest BCUT2D eigenvalue weighted by Crippen LogP contribution is 2.35. The van der Waals surface area contributed by atoms with E-state index in [4.69, 9.17) is 4.74 Å². The fourth-order valence-corrected chi connectivity index (χ4v) is 4.25. The number of likely N-dealkylation sites (tertiary alicyclic amines) is 1. The quantitative estimate of drug-likeness (QED) is 0.806. The third kappa shape index (κ3) is 5.08. The van der Waals surface area contributed by atoms with E-state index in [-0.39, 0.29) is 25.0 Å². The Balaban J connectivity index is 1.43. The Bertz CT molecular complexity index is 701. The number of amides is 2. The number of nitrogens with zero attached hydrogens (tertiary/aromatic N) is 1. The molecule has 27 heavy (non-hydrogen) atoms. The maximum Gasteiger partial charge on any atom is 0.325 e. The van der Waals surface area contributed by atoms with Crippen LogP contribution in [-0.2, 0) is 14.3 Å². The van der Waals surface area contributed by atoms with E-state index >= 15 is 0 Å². The van der Waals surface area contributed by atoms with Crippen molar-refractivity contribution in [3.63, 3.8) is 0 Å². The average Bonchev–Trinajstić information content (AvgIpc) is 2.69. The Kier molecular flexibility index (Phi) is 6.48. The summed E-state index contributed by atoms with van der Waals surface area (Å²) in [7, 11) is 0. The highest BCUT2D eigenvalue weighted by molar-refractivity contribution is 5.96. The predicted molar refractivity (Wildman–Crippen MR) is 101 cm³/mol. The van der Waals surface area contributed by atoms with Gasteiger partial charge in [-0.1, -0.05) is 30.5 Å². The Morgan fingerprint density at radius 2 is 1.93 bits per heavy atom. The van der Waals surface area contributed by atoms with E-state index in [1.807, 2.05) is 17.9 Å². The molecule has 2 atom stereocenters. The first-order chi connectivity index (χ1) is 13.0. The van der Waals surface area contributed by atoms with Gasteiger partial charge in [0, 0.05) is 18.2 Å². The van der Waals surface area contributed by atoms with Gasteiger partial charge in [0.2, 0.25) is 0 Å². The van der Waals surface area contributed by atoms with Crippen LogP contribution in [0.1, 0.15) is 54.4 Å². The highest BCUT2D eigenvalue weighted by Gasteiger charge is 2.35. The molecular formula is C21H28N2O4. The van der Waals surface area contributed by atoms with Crippen molar-refractivity contribution >= 4 is 17.8 Å². The van der Waals surface area contributed by atoms with Gasteiger partial charge in [-0.15, -0.1) is 0 Å². The van der Waals surface area contributed by atoms with Crippen molar-refractivity contribution in [2.75, 3.05) is 19.7 Å². The molecule has 0 bridgehead atoms. The second-order valence-corrected chi connectivity index (χ2v) is 7.55. The predicted octanol–water partition coefficient (Wildman–Crippen LogP) is 2.45. The number of hydrogen-bond acceptors (Lipinski definition) is 4. The molecule has 0 unspecified atom stereocenters. The zero-order valence-corrected chi connectivity index (χ0v) is 15.9. The number of piperidine rings is 1. The maximum absolute atomic E-state index is 12.5. The lowest BCUT2D eigenvalue weighted by atomic mass is 9.78. The number of aryl methyl sites for hydroxylation is 1. The summed E-state index contributed by atoms with van der Waals surface area (Å²) < 4.78 is 5.10. The third-order valence-electron chi connectivity index (χ3n) is 5.59. The van der Waals surface area contributed by atoms with Gasteiger partial charge in [0.15, 0.2) is 6.61 Å². The minimum absolute atomic E-state index is 0.120. The number of carbonyl (C=O) groups excluding carboxylic acids is 3. The van der Waals surface area contributed by atoms with E-state index in [1.54, 1.807) is 18.2 Å². The summed E-state index contributed by atoms with van der Waals surface area (Å²) in [5.74, 6) is -0.449. The number of esters is 1. The summed E-state index contributed by atoms with van der Waals surface area (Å²) in [5, 5.41) is 2.54. The van der Waals surface area contributed by atoms with E-state index in [2.05, 4.69) is 5.32 Å². The van der Waals surface area contributed by atoms with Crippen LogP contribution in [0.3, 0.4) is 0 Å². The highest BCUT2D eigenvalue weighted by atomic mass is 16.5. The Morgan fingerprint density at radius 3 is 2.74 bits per heavy atom. The van der Waals surface area contributed by atoms with Gasteiger partial charge in [-0.05, 0) is 50.7 Å². The van der Waals surface area contributed by atoms with Crippen LogP contribution in [0.4, 0.5) is 0 Å². The Morgan fingerprint density at radius 1 is 1.15 bits per heavy atom. The molecule has 146 valence electrons. The monoisotopic (exact) mass is 372 g/mol. The topological polar surface area (TPSA) is 75.7 Å². The standard InChI is InChI=1S/C21H28N2O4/c1-15-6-4-8-17(12-15)21(26)22-13-20(25)27-14-19(24)23-11-5-9-16-7-2-3-10-18(16)23/h4,6,8,12,16,18H,2-3,5,7,9-11,13-14H2,1H3,(H,22,26)/t16-,18+/m0/s1. The number of nitrogens with one attached hydrogen (secondary N) is 1. The molecule has 0 aromatic heterocycles. The molecule has 6 heteroatoms. The van der Waals surface area contributed by atoms with Crippen LogP contribution in [0.25, 0.3) is 0 Å².